The molecule has 2 aromatic carbocycles. The van der Waals surface area contributed by atoms with Crippen molar-refractivity contribution in [1.82, 2.24) is 10.5 Å². The summed E-state index contributed by atoms with van der Waals surface area (Å²) >= 11 is 0. The number of amides is 1. The lowest BCUT2D eigenvalue weighted by Gasteiger charge is -2.09. The van der Waals surface area contributed by atoms with Crippen molar-refractivity contribution in [2.24, 2.45) is 0 Å². The first-order valence-corrected chi connectivity index (χ1v) is 9.11. The standard InChI is InChI=1S/C22H18F2N2O4/c1-10-19(11(2)30-26-10)14-9-18-15(8-17(14)28-4)20(22(27)25-3)21(29-18)13-6-5-12(23)7-16(13)24/h5-9H,1-4H3,(H,25,27). The van der Waals surface area contributed by atoms with Crippen molar-refractivity contribution < 1.29 is 27.3 Å². The minimum atomic E-state index is -0.836. The monoisotopic (exact) mass is 412 g/mol. The normalized spacial score (nSPS) is 11.1. The Bertz CT molecular complexity index is 1270. The van der Waals surface area contributed by atoms with Crippen LogP contribution in [0.25, 0.3) is 33.4 Å². The highest BCUT2D eigenvalue weighted by molar-refractivity contribution is 6.12. The topological polar surface area (TPSA) is 77.5 Å². The third-order valence-electron chi connectivity index (χ3n) is 4.94. The number of fused-ring (bicyclic) bond motifs is 1. The van der Waals surface area contributed by atoms with E-state index in [-0.39, 0.29) is 16.9 Å². The molecular formula is C22H18F2N2O4. The van der Waals surface area contributed by atoms with Crippen LogP contribution in [0.1, 0.15) is 21.8 Å². The number of benzene rings is 2. The number of carbonyl (C=O) groups excluding carboxylic acids is 1. The predicted molar refractivity (Wildman–Crippen MR) is 106 cm³/mol. The van der Waals surface area contributed by atoms with E-state index in [0.717, 1.165) is 17.7 Å². The number of hydrogen-bond donors (Lipinski definition) is 1. The molecule has 0 radical (unpaired) electrons. The SMILES string of the molecule is CNC(=O)c1c(-c2ccc(F)cc2F)oc2cc(-c3c(C)noc3C)c(OC)cc12. The van der Waals surface area contributed by atoms with Crippen molar-refractivity contribution in [2.45, 2.75) is 13.8 Å². The van der Waals surface area contributed by atoms with Crippen LogP contribution in [0, 0.1) is 25.5 Å². The van der Waals surface area contributed by atoms with Crippen LogP contribution >= 0.6 is 0 Å². The first-order chi connectivity index (χ1) is 14.3. The molecule has 0 saturated carbocycles. The fraction of sp³-hybridized carbons (Fsp3) is 0.182. The first-order valence-electron chi connectivity index (χ1n) is 9.11. The van der Waals surface area contributed by atoms with Crippen LogP contribution in [0.3, 0.4) is 0 Å². The number of hydrogen-bond acceptors (Lipinski definition) is 5. The lowest BCUT2D eigenvalue weighted by Crippen LogP contribution is -2.18. The van der Waals surface area contributed by atoms with Crippen molar-refractivity contribution >= 4 is 16.9 Å². The van der Waals surface area contributed by atoms with Gasteiger partial charge in [-0.25, -0.2) is 8.78 Å². The number of nitrogens with zero attached hydrogens (tertiary/aromatic N) is 1. The molecule has 0 saturated heterocycles. The molecule has 30 heavy (non-hydrogen) atoms. The number of aryl methyl sites for hydroxylation is 2. The molecule has 6 nitrogen and oxygen atoms in total. The van der Waals surface area contributed by atoms with E-state index < -0.39 is 17.5 Å². The van der Waals surface area contributed by atoms with Gasteiger partial charge < -0.3 is 19.0 Å². The van der Waals surface area contributed by atoms with Crippen molar-refractivity contribution in [2.75, 3.05) is 14.2 Å². The third-order valence-corrected chi connectivity index (χ3v) is 4.94. The van der Waals surface area contributed by atoms with Crippen molar-refractivity contribution in [3.63, 3.8) is 0 Å². The molecule has 0 aliphatic heterocycles. The van der Waals surface area contributed by atoms with Gasteiger partial charge >= 0.3 is 0 Å². The summed E-state index contributed by atoms with van der Waals surface area (Å²) in [6.07, 6.45) is 0. The molecule has 0 atom stereocenters. The fourth-order valence-corrected chi connectivity index (χ4v) is 3.57. The van der Waals surface area contributed by atoms with Gasteiger partial charge in [-0.15, -0.1) is 0 Å². The van der Waals surface area contributed by atoms with Crippen molar-refractivity contribution in [3.05, 3.63) is 59.0 Å². The fourth-order valence-electron chi connectivity index (χ4n) is 3.57. The van der Waals surface area contributed by atoms with E-state index in [4.69, 9.17) is 13.7 Å². The summed E-state index contributed by atoms with van der Waals surface area (Å²) in [5, 5.41) is 6.94. The lowest BCUT2D eigenvalue weighted by atomic mass is 9.99. The van der Waals surface area contributed by atoms with Crippen LogP contribution in [0.4, 0.5) is 8.78 Å². The number of carbonyl (C=O) groups is 1. The van der Waals surface area contributed by atoms with Crippen LogP contribution < -0.4 is 10.1 Å². The maximum Gasteiger partial charge on any atom is 0.255 e. The van der Waals surface area contributed by atoms with Gasteiger partial charge in [0, 0.05) is 24.1 Å². The minimum Gasteiger partial charge on any atom is -0.496 e. The molecule has 0 spiro atoms. The molecule has 0 unspecified atom stereocenters. The van der Waals surface area contributed by atoms with E-state index in [2.05, 4.69) is 10.5 Å². The van der Waals surface area contributed by atoms with E-state index in [9.17, 15) is 13.6 Å². The van der Waals surface area contributed by atoms with Gasteiger partial charge in [-0.1, -0.05) is 5.16 Å². The van der Waals surface area contributed by atoms with E-state index in [1.807, 2.05) is 0 Å². The van der Waals surface area contributed by atoms with Crippen molar-refractivity contribution in [3.8, 4) is 28.2 Å². The second kappa shape index (κ2) is 7.29. The quantitative estimate of drug-likeness (QED) is 0.509. The summed E-state index contributed by atoms with van der Waals surface area (Å²) in [4.78, 5) is 12.6. The maximum atomic E-state index is 14.5. The molecule has 8 heteroatoms. The van der Waals surface area contributed by atoms with Crippen molar-refractivity contribution in [1.29, 1.82) is 0 Å². The first kappa shape index (κ1) is 19.6. The average Bonchev–Trinajstić information content (AvgIpc) is 3.25. The van der Waals surface area contributed by atoms with Gasteiger partial charge in [-0.2, -0.15) is 0 Å². The summed E-state index contributed by atoms with van der Waals surface area (Å²) in [5.74, 6) is -0.977. The number of halogens is 2. The summed E-state index contributed by atoms with van der Waals surface area (Å²) in [6, 6.07) is 6.43. The average molecular weight is 412 g/mol. The summed E-state index contributed by atoms with van der Waals surface area (Å²) in [5.41, 5.74) is 2.49. The molecule has 0 aliphatic rings. The van der Waals surface area contributed by atoms with Crippen LogP contribution in [0.2, 0.25) is 0 Å². The number of ether oxygens (including phenoxy) is 1. The molecule has 1 amide bonds. The number of nitrogens with one attached hydrogen (secondary N) is 1. The molecule has 2 aromatic heterocycles. The summed E-state index contributed by atoms with van der Waals surface area (Å²) in [6.45, 7) is 3.57. The van der Waals surface area contributed by atoms with Gasteiger partial charge in [0.2, 0.25) is 0 Å². The van der Waals surface area contributed by atoms with Gasteiger partial charge in [-0.3, -0.25) is 4.79 Å². The van der Waals surface area contributed by atoms with Crippen LogP contribution in [-0.2, 0) is 0 Å². The molecule has 154 valence electrons. The lowest BCUT2D eigenvalue weighted by molar-refractivity contribution is 0.0964. The van der Waals surface area contributed by atoms with E-state index >= 15 is 0 Å². The second-order valence-corrected chi connectivity index (χ2v) is 6.76. The van der Waals surface area contributed by atoms with Crippen LogP contribution in [0.15, 0.2) is 39.3 Å². The zero-order valence-electron chi connectivity index (χ0n) is 16.7. The summed E-state index contributed by atoms with van der Waals surface area (Å²) < 4.78 is 44.6. The molecule has 4 aromatic rings. The highest BCUT2D eigenvalue weighted by atomic mass is 19.1. The Morgan fingerprint density at radius 1 is 1.13 bits per heavy atom. The highest BCUT2D eigenvalue weighted by Crippen LogP contribution is 2.42. The Labute approximate surface area is 170 Å². The third kappa shape index (κ3) is 3.01. The number of furan rings is 1. The Balaban J connectivity index is 2.06. The molecular weight excluding hydrogens is 394 g/mol. The van der Waals surface area contributed by atoms with Gasteiger partial charge in [0.15, 0.2) is 5.76 Å². The molecule has 4 rings (SSSR count). The van der Waals surface area contributed by atoms with Crippen LogP contribution in [-0.4, -0.2) is 25.2 Å². The molecule has 0 aliphatic carbocycles. The maximum absolute atomic E-state index is 14.5. The molecule has 0 fully saturated rings. The smallest absolute Gasteiger partial charge is 0.255 e. The highest BCUT2D eigenvalue weighted by Gasteiger charge is 2.26. The summed E-state index contributed by atoms with van der Waals surface area (Å²) in [7, 11) is 2.96. The van der Waals surface area contributed by atoms with Crippen LogP contribution in [0.5, 0.6) is 5.75 Å². The van der Waals surface area contributed by atoms with E-state index in [1.54, 1.807) is 26.0 Å². The number of rotatable bonds is 4. The van der Waals surface area contributed by atoms with Gasteiger partial charge in [0.1, 0.15) is 28.7 Å². The van der Waals surface area contributed by atoms with Gasteiger partial charge in [0.25, 0.3) is 5.91 Å². The Morgan fingerprint density at radius 3 is 2.50 bits per heavy atom. The Kier molecular flexibility index (Phi) is 4.77. The zero-order chi connectivity index (χ0) is 21.6. The predicted octanol–water partition coefficient (Wildman–Crippen LogP) is 5.02. The number of aromatic nitrogens is 1. The van der Waals surface area contributed by atoms with E-state index in [0.29, 0.717) is 33.7 Å². The molecule has 1 N–H and O–H groups in total. The molecule has 0 bridgehead atoms. The zero-order valence-corrected chi connectivity index (χ0v) is 16.7. The Morgan fingerprint density at radius 2 is 1.90 bits per heavy atom. The minimum absolute atomic E-state index is 0.000171. The Hall–Kier alpha value is -3.68. The second-order valence-electron chi connectivity index (χ2n) is 6.76. The molecule has 2 heterocycles. The van der Waals surface area contributed by atoms with E-state index in [1.165, 1.54) is 20.2 Å². The largest absolute Gasteiger partial charge is 0.496 e. The number of methoxy groups -OCH3 is 1. The van der Waals surface area contributed by atoms with Gasteiger partial charge in [0.05, 0.1) is 29.5 Å². The van der Waals surface area contributed by atoms with Gasteiger partial charge in [-0.05, 0) is 38.1 Å².